The fraction of sp³-hybridized carbons (Fsp3) is 0.103. The summed E-state index contributed by atoms with van der Waals surface area (Å²) in [5, 5.41) is 8.64. The van der Waals surface area contributed by atoms with Gasteiger partial charge in [-0.25, -0.2) is 0 Å². The summed E-state index contributed by atoms with van der Waals surface area (Å²) in [4.78, 5) is 23.2. The molecule has 4 heteroatoms. The quantitative estimate of drug-likeness (QED) is 0.283. The number of esters is 1. The van der Waals surface area contributed by atoms with E-state index in [1.165, 1.54) is 0 Å². The van der Waals surface area contributed by atoms with E-state index in [4.69, 9.17) is 9.84 Å². The number of carbonyl (C=O) groups is 2. The number of aliphatic carboxylic acids is 1. The molecule has 4 nitrogen and oxygen atoms in total. The fourth-order valence-corrected chi connectivity index (χ4v) is 3.30. The molecule has 0 aliphatic carbocycles. The SMILES string of the molecule is CC(C(=O)O)c1ccccc1.O=C(Oc1ccccc1)C(c1ccccc1)c1ccccc1. The van der Waals surface area contributed by atoms with Crippen molar-refractivity contribution in [3.8, 4) is 5.75 Å². The van der Waals surface area contributed by atoms with Gasteiger partial charge in [-0.1, -0.05) is 109 Å². The van der Waals surface area contributed by atoms with Gasteiger partial charge < -0.3 is 9.84 Å². The molecule has 166 valence electrons. The molecule has 0 aliphatic rings. The molecule has 1 N–H and O–H groups in total. The molecule has 0 heterocycles. The summed E-state index contributed by atoms with van der Waals surface area (Å²) in [5.74, 6) is -1.33. The third-order valence-corrected chi connectivity index (χ3v) is 5.13. The molecular weight excluding hydrogens is 412 g/mol. The normalized spacial score (nSPS) is 11.1. The van der Waals surface area contributed by atoms with Gasteiger partial charge in [0.1, 0.15) is 11.7 Å². The first-order valence-corrected chi connectivity index (χ1v) is 10.7. The molecule has 1 unspecified atom stereocenters. The molecule has 1 atom stereocenters. The lowest BCUT2D eigenvalue weighted by Crippen LogP contribution is -2.20. The van der Waals surface area contributed by atoms with E-state index >= 15 is 0 Å². The molecule has 4 aromatic carbocycles. The monoisotopic (exact) mass is 438 g/mol. The fourth-order valence-electron chi connectivity index (χ4n) is 3.30. The molecule has 0 spiro atoms. The smallest absolute Gasteiger partial charge is 0.323 e. The maximum Gasteiger partial charge on any atom is 0.323 e. The second-order valence-electron chi connectivity index (χ2n) is 7.46. The van der Waals surface area contributed by atoms with Gasteiger partial charge in [-0.2, -0.15) is 0 Å². The molecular formula is C29H26O4. The van der Waals surface area contributed by atoms with Gasteiger partial charge in [0.25, 0.3) is 0 Å². The third-order valence-electron chi connectivity index (χ3n) is 5.13. The molecule has 0 aromatic heterocycles. The van der Waals surface area contributed by atoms with Crippen LogP contribution in [-0.2, 0) is 9.59 Å². The maximum absolute atomic E-state index is 12.7. The minimum atomic E-state index is -0.781. The number of ether oxygens (including phenoxy) is 1. The predicted octanol–water partition coefficient (Wildman–Crippen LogP) is 6.30. The standard InChI is InChI=1S/C20H16O2.C9H10O2/c21-20(22-18-14-8-3-9-15-18)19(16-10-4-1-5-11-16)17-12-6-2-7-13-17;1-7(9(10)11)8-5-3-2-4-6-8/h1-15,19H;2-7H,1H3,(H,10,11). The number of rotatable bonds is 6. The van der Waals surface area contributed by atoms with Gasteiger partial charge in [0.15, 0.2) is 0 Å². The highest BCUT2D eigenvalue weighted by atomic mass is 16.5. The van der Waals surface area contributed by atoms with E-state index in [9.17, 15) is 9.59 Å². The average Bonchev–Trinajstić information content (AvgIpc) is 2.86. The number of carboxylic acids is 1. The highest BCUT2D eigenvalue weighted by Gasteiger charge is 2.24. The summed E-state index contributed by atoms with van der Waals surface area (Å²) in [6.07, 6.45) is 0. The van der Waals surface area contributed by atoms with E-state index in [1.54, 1.807) is 19.1 Å². The molecule has 0 radical (unpaired) electrons. The van der Waals surface area contributed by atoms with Crippen LogP contribution in [0.5, 0.6) is 5.75 Å². The Kier molecular flexibility index (Phi) is 8.55. The second-order valence-corrected chi connectivity index (χ2v) is 7.46. The molecule has 4 rings (SSSR count). The summed E-state index contributed by atoms with van der Waals surface area (Å²) in [5.41, 5.74) is 2.70. The van der Waals surface area contributed by atoms with E-state index in [1.807, 2.05) is 109 Å². The lowest BCUT2D eigenvalue weighted by atomic mass is 9.91. The van der Waals surface area contributed by atoms with Crippen LogP contribution in [0.3, 0.4) is 0 Å². The van der Waals surface area contributed by atoms with Crippen molar-refractivity contribution in [2.75, 3.05) is 0 Å². The van der Waals surface area contributed by atoms with Crippen molar-refractivity contribution in [3.05, 3.63) is 138 Å². The first-order chi connectivity index (χ1) is 16.1. The second kappa shape index (κ2) is 12.0. The Morgan fingerprint density at radius 1 is 0.606 bits per heavy atom. The van der Waals surface area contributed by atoms with Gasteiger partial charge in [0.2, 0.25) is 0 Å². The Balaban J connectivity index is 0.000000235. The van der Waals surface area contributed by atoms with Crippen LogP contribution in [0.2, 0.25) is 0 Å². The van der Waals surface area contributed by atoms with Crippen LogP contribution in [0.25, 0.3) is 0 Å². The van der Waals surface area contributed by atoms with Gasteiger partial charge in [0, 0.05) is 0 Å². The van der Waals surface area contributed by atoms with Crippen LogP contribution >= 0.6 is 0 Å². The van der Waals surface area contributed by atoms with Gasteiger partial charge in [0.05, 0.1) is 5.92 Å². The first-order valence-electron chi connectivity index (χ1n) is 10.7. The Bertz CT molecular complexity index is 1090. The van der Waals surface area contributed by atoms with Gasteiger partial charge in [-0.3, -0.25) is 9.59 Å². The summed E-state index contributed by atoms with van der Waals surface area (Å²) in [6.45, 7) is 1.68. The van der Waals surface area contributed by atoms with Crippen LogP contribution in [0.15, 0.2) is 121 Å². The molecule has 0 saturated carbocycles. The predicted molar refractivity (Wildman–Crippen MR) is 129 cm³/mol. The average molecular weight is 439 g/mol. The highest BCUT2D eigenvalue weighted by molar-refractivity contribution is 5.84. The topological polar surface area (TPSA) is 63.6 Å². The molecule has 0 aliphatic heterocycles. The van der Waals surface area contributed by atoms with E-state index in [0.29, 0.717) is 5.75 Å². The van der Waals surface area contributed by atoms with Crippen LogP contribution in [0.1, 0.15) is 35.4 Å². The zero-order chi connectivity index (χ0) is 23.5. The summed E-state index contributed by atoms with van der Waals surface area (Å²) in [7, 11) is 0. The molecule has 0 amide bonds. The third kappa shape index (κ3) is 6.91. The van der Waals surface area contributed by atoms with E-state index in [2.05, 4.69) is 0 Å². The van der Waals surface area contributed by atoms with Crippen molar-refractivity contribution in [3.63, 3.8) is 0 Å². The zero-order valence-electron chi connectivity index (χ0n) is 18.4. The Morgan fingerprint density at radius 2 is 0.970 bits per heavy atom. The van der Waals surface area contributed by atoms with Crippen molar-refractivity contribution in [2.45, 2.75) is 18.8 Å². The highest BCUT2D eigenvalue weighted by Crippen LogP contribution is 2.26. The molecule has 0 bridgehead atoms. The van der Waals surface area contributed by atoms with Crippen LogP contribution in [-0.4, -0.2) is 17.0 Å². The lowest BCUT2D eigenvalue weighted by Gasteiger charge is -2.16. The first kappa shape index (κ1) is 23.5. The van der Waals surface area contributed by atoms with E-state index < -0.39 is 17.8 Å². The van der Waals surface area contributed by atoms with Crippen molar-refractivity contribution >= 4 is 11.9 Å². The van der Waals surface area contributed by atoms with Crippen LogP contribution in [0, 0.1) is 0 Å². The number of benzene rings is 4. The zero-order valence-corrected chi connectivity index (χ0v) is 18.4. The summed E-state index contributed by atoms with van der Waals surface area (Å²) < 4.78 is 5.55. The maximum atomic E-state index is 12.7. The molecule has 0 fully saturated rings. The van der Waals surface area contributed by atoms with E-state index in [-0.39, 0.29) is 5.97 Å². The number of carboxylic acid groups (broad SMARTS) is 1. The number of hydrogen-bond acceptors (Lipinski definition) is 3. The number of para-hydroxylation sites is 1. The number of carbonyl (C=O) groups excluding carboxylic acids is 1. The van der Waals surface area contributed by atoms with Gasteiger partial charge >= 0.3 is 11.9 Å². The summed E-state index contributed by atoms with van der Waals surface area (Å²) in [6, 6.07) is 37.7. The minimum absolute atomic E-state index is 0.274. The van der Waals surface area contributed by atoms with E-state index in [0.717, 1.165) is 16.7 Å². The largest absolute Gasteiger partial charge is 0.481 e. The Hall–Kier alpha value is -4.18. The molecule has 33 heavy (non-hydrogen) atoms. The molecule has 0 saturated heterocycles. The van der Waals surface area contributed by atoms with Crippen molar-refractivity contribution < 1.29 is 19.4 Å². The lowest BCUT2D eigenvalue weighted by molar-refractivity contribution is -0.138. The Labute approximate surface area is 194 Å². The van der Waals surface area contributed by atoms with Crippen LogP contribution < -0.4 is 4.74 Å². The van der Waals surface area contributed by atoms with Crippen LogP contribution in [0.4, 0.5) is 0 Å². The van der Waals surface area contributed by atoms with Gasteiger partial charge in [-0.15, -0.1) is 0 Å². The van der Waals surface area contributed by atoms with Crippen molar-refractivity contribution in [1.82, 2.24) is 0 Å². The Morgan fingerprint density at radius 3 is 1.36 bits per heavy atom. The minimum Gasteiger partial charge on any atom is -0.481 e. The number of hydrogen-bond donors (Lipinski definition) is 1. The van der Waals surface area contributed by atoms with Crippen molar-refractivity contribution in [1.29, 1.82) is 0 Å². The van der Waals surface area contributed by atoms with Gasteiger partial charge in [-0.05, 0) is 35.7 Å². The molecule has 4 aromatic rings. The van der Waals surface area contributed by atoms with Crippen molar-refractivity contribution in [2.24, 2.45) is 0 Å². The summed E-state index contributed by atoms with van der Waals surface area (Å²) >= 11 is 0.